The molecule has 0 bridgehead atoms. The number of sulfonamides is 1. The topological polar surface area (TPSA) is 85.1 Å². The number of nitrogens with zero attached hydrogens (tertiary/aromatic N) is 2. The second-order valence-electron chi connectivity index (χ2n) is 5.06. The highest BCUT2D eigenvalue weighted by Crippen LogP contribution is 2.23. The second-order valence-corrected chi connectivity index (χ2v) is 6.68. The molecule has 0 spiro atoms. The third-order valence-electron chi connectivity index (χ3n) is 3.35. The monoisotopic (exact) mass is 329 g/mol. The van der Waals surface area contributed by atoms with Crippen molar-refractivity contribution in [2.45, 2.75) is 18.7 Å². The van der Waals surface area contributed by atoms with Crippen LogP contribution in [0.5, 0.6) is 0 Å². The van der Waals surface area contributed by atoms with Crippen LogP contribution in [0.4, 0.5) is 5.82 Å². The Kier molecular flexibility index (Phi) is 3.87. The van der Waals surface area contributed by atoms with Crippen LogP contribution in [-0.2, 0) is 10.0 Å². The Labute approximate surface area is 134 Å². The van der Waals surface area contributed by atoms with E-state index in [0.29, 0.717) is 5.69 Å². The molecule has 0 radical (unpaired) electrons. The fourth-order valence-corrected chi connectivity index (χ4v) is 3.64. The summed E-state index contributed by atoms with van der Waals surface area (Å²) < 4.78 is 32.2. The molecular weight excluding hydrogens is 314 g/mol. The van der Waals surface area contributed by atoms with Gasteiger partial charge < -0.3 is 4.52 Å². The molecule has 1 N–H and O–H groups in total. The van der Waals surface area contributed by atoms with Gasteiger partial charge in [-0.15, -0.1) is 0 Å². The summed E-state index contributed by atoms with van der Waals surface area (Å²) in [6.45, 7) is 3.14. The van der Waals surface area contributed by atoms with Crippen molar-refractivity contribution in [2.24, 2.45) is 0 Å². The van der Waals surface area contributed by atoms with Crippen LogP contribution in [0.25, 0.3) is 11.1 Å². The number of nitrogens with one attached hydrogen (secondary N) is 1. The van der Waals surface area contributed by atoms with Gasteiger partial charge in [-0.2, -0.15) is 0 Å². The lowest BCUT2D eigenvalue weighted by molar-refractivity contribution is 0.390. The zero-order chi connectivity index (χ0) is 16.4. The minimum Gasteiger partial charge on any atom is -0.360 e. The predicted octanol–water partition coefficient (Wildman–Crippen LogP) is 3.15. The highest BCUT2D eigenvalue weighted by atomic mass is 32.2. The van der Waals surface area contributed by atoms with Gasteiger partial charge in [-0.25, -0.2) is 13.4 Å². The third-order valence-corrected chi connectivity index (χ3v) is 4.94. The zero-order valence-corrected chi connectivity index (χ0v) is 13.5. The predicted molar refractivity (Wildman–Crippen MR) is 86.5 cm³/mol. The summed E-state index contributed by atoms with van der Waals surface area (Å²) >= 11 is 0. The van der Waals surface area contributed by atoms with E-state index < -0.39 is 10.0 Å². The van der Waals surface area contributed by atoms with Crippen LogP contribution in [-0.4, -0.2) is 18.6 Å². The lowest BCUT2D eigenvalue weighted by atomic mass is 10.1. The van der Waals surface area contributed by atoms with Crippen molar-refractivity contribution in [3.63, 3.8) is 0 Å². The molecule has 1 aromatic carbocycles. The maximum atomic E-state index is 12.4. The number of benzene rings is 1. The van der Waals surface area contributed by atoms with E-state index in [0.717, 1.165) is 11.1 Å². The molecule has 0 unspecified atom stereocenters. The van der Waals surface area contributed by atoms with Crippen LogP contribution in [0.2, 0.25) is 0 Å². The number of aryl methyl sites for hydroxylation is 2. The number of hydrogen-bond donors (Lipinski definition) is 1. The van der Waals surface area contributed by atoms with E-state index in [1.165, 1.54) is 0 Å². The molecule has 7 heteroatoms. The van der Waals surface area contributed by atoms with Crippen LogP contribution < -0.4 is 4.72 Å². The molecular formula is C16H15N3O3S. The van der Waals surface area contributed by atoms with Crippen molar-refractivity contribution in [1.29, 1.82) is 0 Å². The van der Waals surface area contributed by atoms with E-state index in [1.54, 1.807) is 26.1 Å². The largest absolute Gasteiger partial charge is 0.360 e. The highest BCUT2D eigenvalue weighted by Gasteiger charge is 2.24. The number of aromatic nitrogens is 2. The van der Waals surface area contributed by atoms with E-state index in [2.05, 4.69) is 14.9 Å². The molecule has 0 atom stereocenters. The lowest BCUT2D eigenvalue weighted by Gasteiger charge is -2.07. The zero-order valence-electron chi connectivity index (χ0n) is 12.6. The summed E-state index contributed by atoms with van der Waals surface area (Å²) in [5.41, 5.74) is 2.24. The number of pyridine rings is 1. The van der Waals surface area contributed by atoms with Gasteiger partial charge in [0.2, 0.25) is 0 Å². The highest BCUT2D eigenvalue weighted by molar-refractivity contribution is 7.92. The normalized spacial score (nSPS) is 11.4. The van der Waals surface area contributed by atoms with Gasteiger partial charge in [0.25, 0.3) is 10.0 Å². The number of anilines is 1. The molecule has 2 aromatic heterocycles. The van der Waals surface area contributed by atoms with Gasteiger partial charge in [-0.3, -0.25) is 4.72 Å². The van der Waals surface area contributed by atoms with Crippen molar-refractivity contribution < 1.29 is 12.9 Å². The molecule has 0 saturated heterocycles. The van der Waals surface area contributed by atoms with Crippen molar-refractivity contribution in [3.05, 3.63) is 60.1 Å². The quantitative estimate of drug-likeness (QED) is 0.794. The van der Waals surface area contributed by atoms with Crippen LogP contribution in [0.15, 0.2) is 58.1 Å². The summed E-state index contributed by atoms with van der Waals surface area (Å²) in [5, 5.41) is 3.66. The molecule has 0 fully saturated rings. The Morgan fingerprint density at radius 1 is 1.00 bits per heavy atom. The Morgan fingerprint density at radius 3 is 2.30 bits per heavy atom. The minimum atomic E-state index is -3.78. The van der Waals surface area contributed by atoms with Crippen LogP contribution >= 0.6 is 0 Å². The Balaban J connectivity index is 1.87. The van der Waals surface area contributed by atoms with Crippen molar-refractivity contribution in [3.8, 4) is 11.1 Å². The molecule has 0 saturated carbocycles. The first kappa shape index (κ1) is 15.2. The van der Waals surface area contributed by atoms with E-state index in [9.17, 15) is 8.42 Å². The number of hydrogen-bond acceptors (Lipinski definition) is 5. The Morgan fingerprint density at radius 2 is 1.74 bits per heavy atom. The molecule has 2 heterocycles. The minimum absolute atomic E-state index is 0.0476. The average molecular weight is 329 g/mol. The lowest BCUT2D eigenvalue weighted by Crippen LogP contribution is -2.15. The summed E-state index contributed by atoms with van der Waals surface area (Å²) in [5.74, 6) is 0.487. The molecule has 0 aliphatic carbocycles. The SMILES string of the molecule is Cc1noc(C)c1S(=O)(=O)Nc1ccc(-c2ccccc2)cn1. The first-order valence-electron chi connectivity index (χ1n) is 6.94. The van der Waals surface area contributed by atoms with Crippen LogP contribution in [0, 0.1) is 13.8 Å². The fourth-order valence-electron chi connectivity index (χ4n) is 2.30. The first-order valence-corrected chi connectivity index (χ1v) is 8.43. The summed E-state index contributed by atoms with van der Waals surface area (Å²) in [6.07, 6.45) is 1.63. The fraction of sp³-hybridized carbons (Fsp3) is 0.125. The van der Waals surface area contributed by atoms with Crippen molar-refractivity contribution >= 4 is 15.8 Å². The van der Waals surface area contributed by atoms with E-state index in [-0.39, 0.29) is 16.5 Å². The average Bonchev–Trinajstić information content (AvgIpc) is 2.88. The summed E-state index contributed by atoms with van der Waals surface area (Å²) in [4.78, 5) is 4.22. The third kappa shape index (κ3) is 3.09. The number of rotatable bonds is 4. The molecule has 3 rings (SSSR count). The van der Waals surface area contributed by atoms with Gasteiger partial charge in [0.1, 0.15) is 11.5 Å². The van der Waals surface area contributed by atoms with Gasteiger partial charge >= 0.3 is 0 Å². The Bertz CT molecular complexity index is 897. The molecule has 6 nitrogen and oxygen atoms in total. The van der Waals surface area contributed by atoms with Crippen LogP contribution in [0.1, 0.15) is 11.5 Å². The molecule has 0 amide bonds. The van der Waals surface area contributed by atoms with Crippen LogP contribution in [0.3, 0.4) is 0 Å². The van der Waals surface area contributed by atoms with E-state index in [1.807, 2.05) is 36.4 Å². The maximum absolute atomic E-state index is 12.4. The molecule has 3 aromatic rings. The Hall–Kier alpha value is -2.67. The van der Waals surface area contributed by atoms with Gasteiger partial charge in [0.15, 0.2) is 10.7 Å². The summed E-state index contributed by atoms with van der Waals surface area (Å²) in [6, 6.07) is 13.2. The maximum Gasteiger partial charge on any atom is 0.268 e. The van der Waals surface area contributed by atoms with Crippen molar-refractivity contribution in [2.75, 3.05) is 4.72 Å². The second kappa shape index (κ2) is 5.85. The van der Waals surface area contributed by atoms with Gasteiger partial charge in [-0.1, -0.05) is 35.5 Å². The molecule has 0 aliphatic heterocycles. The van der Waals surface area contributed by atoms with Gasteiger partial charge in [0.05, 0.1) is 0 Å². The standard InChI is InChI=1S/C16H15N3O3S/c1-11-16(12(2)22-18-11)23(20,21)19-15-9-8-14(10-17-15)13-6-4-3-5-7-13/h3-10H,1-2H3,(H,17,19). The summed E-state index contributed by atoms with van der Waals surface area (Å²) in [7, 11) is -3.78. The van der Waals surface area contributed by atoms with Crippen molar-refractivity contribution in [1.82, 2.24) is 10.1 Å². The first-order chi connectivity index (χ1) is 11.0. The molecule has 0 aliphatic rings. The van der Waals surface area contributed by atoms with Gasteiger partial charge in [0, 0.05) is 11.8 Å². The van der Waals surface area contributed by atoms with E-state index >= 15 is 0 Å². The van der Waals surface area contributed by atoms with E-state index in [4.69, 9.17) is 4.52 Å². The molecule has 23 heavy (non-hydrogen) atoms. The van der Waals surface area contributed by atoms with Gasteiger partial charge in [-0.05, 0) is 31.5 Å². The molecule has 118 valence electrons. The smallest absolute Gasteiger partial charge is 0.268 e.